The number of aryl methyl sites for hydroxylation is 1. The summed E-state index contributed by atoms with van der Waals surface area (Å²) >= 11 is 0. The topological polar surface area (TPSA) is 59.4 Å². The van der Waals surface area contributed by atoms with Gasteiger partial charge in [-0.15, -0.1) is 0 Å². The zero-order chi connectivity index (χ0) is 21.0. The van der Waals surface area contributed by atoms with Crippen molar-refractivity contribution in [2.75, 3.05) is 26.7 Å². The molecule has 1 aromatic carbocycles. The van der Waals surface area contributed by atoms with Crippen molar-refractivity contribution in [3.8, 4) is 5.75 Å². The highest BCUT2D eigenvalue weighted by molar-refractivity contribution is 5.92. The summed E-state index contributed by atoms with van der Waals surface area (Å²) in [4.78, 5) is 15.4. The molecule has 0 radical (unpaired) electrons. The second-order valence-corrected chi connectivity index (χ2v) is 8.88. The SMILES string of the molecule is COc1ccc(C(CNC(=O)c2cc(C(C)(C)C)nn2C)N2CCCCC2)cc1. The van der Waals surface area contributed by atoms with Gasteiger partial charge in [0.05, 0.1) is 18.8 Å². The molecular weight excluding hydrogens is 364 g/mol. The Kier molecular flexibility index (Phi) is 6.63. The summed E-state index contributed by atoms with van der Waals surface area (Å²) in [5, 5.41) is 7.69. The Bertz CT molecular complexity index is 814. The van der Waals surface area contributed by atoms with Crippen molar-refractivity contribution in [1.29, 1.82) is 0 Å². The lowest BCUT2D eigenvalue weighted by molar-refractivity contribution is 0.0915. The largest absolute Gasteiger partial charge is 0.497 e. The Labute approximate surface area is 174 Å². The fourth-order valence-corrected chi connectivity index (χ4v) is 3.84. The molecule has 2 heterocycles. The molecule has 1 aliphatic heterocycles. The Morgan fingerprint density at radius 1 is 1.17 bits per heavy atom. The van der Waals surface area contributed by atoms with Crippen LogP contribution in [0.2, 0.25) is 0 Å². The number of rotatable bonds is 6. The number of methoxy groups -OCH3 is 1. The molecule has 158 valence electrons. The van der Waals surface area contributed by atoms with Gasteiger partial charge in [0, 0.05) is 19.0 Å². The zero-order valence-electron chi connectivity index (χ0n) is 18.4. The average Bonchev–Trinajstić information content (AvgIpc) is 3.11. The predicted octanol–water partition coefficient (Wildman–Crippen LogP) is 3.68. The minimum Gasteiger partial charge on any atom is -0.497 e. The van der Waals surface area contributed by atoms with Crippen molar-refractivity contribution in [3.63, 3.8) is 0 Å². The Morgan fingerprint density at radius 3 is 2.38 bits per heavy atom. The molecule has 29 heavy (non-hydrogen) atoms. The van der Waals surface area contributed by atoms with Crippen molar-refractivity contribution >= 4 is 5.91 Å². The van der Waals surface area contributed by atoms with E-state index in [4.69, 9.17) is 4.74 Å². The summed E-state index contributed by atoms with van der Waals surface area (Å²) < 4.78 is 6.98. The van der Waals surface area contributed by atoms with E-state index in [1.807, 2.05) is 25.2 Å². The van der Waals surface area contributed by atoms with E-state index in [0.29, 0.717) is 12.2 Å². The number of nitrogens with one attached hydrogen (secondary N) is 1. The standard InChI is InChI=1S/C23H34N4O2/c1-23(2,3)21-15-19(26(4)25-21)22(28)24-16-20(27-13-7-6-8-14-27)17-9-11-18(29-5)12-10-17/h9-12,15,20H,6-8,13-14,16H2,1-5H3,(H,24,28). The van der Waals surface area contributed by atoms with Crippen molar-refractivity contribution in [3.05, 3.63) is 47.3 Å². The summed E-state index contributed by atoms with van der Waals surface area (Å²) in [6.07, 6.45) is 3.69. The highest BCUT2D eigenvalue weighted by atomic mass is 16.5. The molecule has 0 spiro atoms. The molecule has 1 unspecified atom stereocenters. The van der Waals surface area contributed by atoms with Crippen LogP contribution < -0.4 is 10.1 Å². The molecule has 0 aliphatic carbocycles. The van der Waals surface area contributed by atoms with Crippen molar-refractivity contribution in [2.24, 2.45) is 7.05 Å². The van der Waals surface area contributed by atoms with Gasteiger partial charge in [0.15, 0.2) is 0 Å². The number of ether oxygens (including phenoxy) is 1. The van der Waals surface area contributed by atoms with E-state index in [-0.39, 0.29) is 17.4 Å². The summed E-state index contributed by atoms with van der Waals surface area (Å²) in [5.74, 6) is 0.769. The van der Waals surface area contributed by atoms with Crippen LogP contribution in [0.15, 0.2) is 30.3 Å². The van der Waals surface area contributed by atoms with Crippen molar-refractivity contribution < 1.29 is 9.53 Å². The number of carbonyl (C=O) groups is 1. The van der Waals surface area contributed by atoms with Gasteiger partial charge in [0.2, 0.25) is 0 Å². The molecule has 1 N–H and O–H groups in total. The third kappa shape index (κ3) is 5.18. The molecule has 0 saturated carbocycles. The molecule has 0 bridgehead atoms. The van der Waals surface area contributed by atoms with Gasteiger partial charge in [-0.1, -0.05) is 39.3 Å². The van der Waals surface area contributed by atoms with E-state index in [2.05, 4.69) is 48.2 Å². The number of carbonyl (C=O) groups excluding carboxylic acids is 1. The van der Waals surface area contributed by atoms with Crippen molar-refractivity contribution in [2.45, 2.75) is 51.5 Å². The van der Waals surface area contributed by atoms with Gasteiger partial charge in [-0.25, -0.2) is 0 Å². The average molecular weight is 399 g/mol. The molecule has 1 aliphatic rings. The van der Waals surface area contributed by atoms with Crippen LogP contribution >= 0.6 is 0 Å². The summed E-state index contributed by atoms with van der Waals surface area (Å²) in [6, 6.07) is 10.2. The maximum absolute atomic E-state index is 12.9. The first-order valence-electron chi connectivity index (χ1n) is 10.5. The van der Waals surface area contributed by atoms with Gasteiger partial charge in [-0.2, -0.15) is 5.10 Å². The van der Waals surface area contributed by atoms with Crippen LogP contribution in [-0.4, -0.2) is 47.3 Å². The maximum Gasteiger partial charge on any atom is 0.269 e. The number of likely N-dealkylation sites (tertiary alicyclic amines) is 1. The number of hydrogen-bond acceptors (Lipinski definition) is 4. The molecule has 6 nitrogen and oxygen atoms in total. The fourth-order valence-electron chi connectivity index (χ4n) is 3.84. The van der Waals surface area contributed by atoms with Crippen LogP contribution in [-0.2, 0) is 12.5 Å². The van der Waals surface area contributed by atoms with E-state index >= 15 is 0 Å². The second kappa shape index (κ2) is 8.99. The van der Waals surface area contributed by atoms with Crippen LogP contribution in [0.1, 0.15) is 67.8 Å². The number of nitrogens with zero attached hydrogens (tertiary/aromatic N) is 3. The van der Waals surface area contributed by atoms with Gasteiger partial charge < -0.3 is 10.1 Å². The number of hydrogen-bond donors (Lipinski definition) is 1. The number of amides is 1. The van der Waals surface area contributed by atoms with E-state index in [0.717, 1.165) is 24.5 Å². The molecule has 1 aromatic heterocycles. The molecule has 1 saturated heterocycles. The summed E-state index contributed by atoms with van der Waals surface area (Å²) in [6.45, 7) is 9.01. The first-order chi connectivity index (χ1) is 13.8. The number of aromatic nitrogens is 2. The van der Waals surface area contributed by atoms with Gasteiger partial charge in [0.25, 0.3) is 5.91 Å². The zero-order valence-corrected chi connectivity index (χ0v) is 18.4. The molecule has 2 aromatic rings. The Balaban J connectivity index is 1.75. The lowest BCUT2D eigenvalue weighted by Gasteiger charge is -2.35. The molecule has 1 fully saturated rings. The number of benzene rings is 1. The van der Waals surface area contributed by atoms with Gasteiger partial charge in [-0.3, -0.25) is 14.4 Å². The van der Waals surface area contributed by atoms with Crippen molar-refractivity contribution in [1.82, 2.24) is 20.0 Å². The first-order valence-corrected chi connectivity index (χ1v) is 10.5. The van der Waals surface area contributed by atoms with Crippen LogP contribution in [0.4, 0.5) is 0 Å². The van der Waals surface area contributed by atoms with E-state index in [1.54, 1.807) is 11.8 Å². The monoisotopic (exact) mass is 398 g/mol. The molecule has 1 atom stereocenters. The molecular formula is C23H34N4O2. The van der Waals surface area contributed by atoms with Gasteiger partial charge >= 0.3 is 0 Å². The van der Waals surface area contributed by atoms with Gasteiger partial charge in [0.1, 0.15) is 11.4 Å². The lowest BCUT2D eigenvalue weighted by Crippen LogP contribution is -2.41. The minimum atomic E-state index is -0.0876. The van der Waals surface area contributed by atoms with Crippen LogP contribution in [0.3, 0.4) is 0 Å². The third-order valence-electron chi connectivity index (χ3n) is 5.67. The quantitative estimate of drug-likeness (QED) is 0.806. The summed E-state index contributed by atoms with van der Waals surface area (Å²) in [5.41, 5.74) is 2.64. The predicted molar refractivity (Wildman–Crippen MR) is 115 cm³/mol. The molecule has 6 heteroatoms. The smallest absolute Gasteiger partial charge is 0.269 e. The van der Waals surface area contributed by atoms with Crippen LogP contribution in [0.25, 0.3) is 0 Å². The fraction of sp³-hybridized carbons (Fsp3) is 0.565. The number of piperidine rings is 1. The first kappa shape index (κ1) is 21.4. The van der Waals surface area contributed by atoms with E-state index in [1.165, 1.54) is 24.8 Å². The Morgan fingerprint density at radius 2 is 1.83 bits per heavy atom. The van der Waals surface area contributed by atoms with E-state index < -0.39 is 0 Å². The lowest BCUT2D eigenvalue weighted by atomic mass is 9.92. The molecule has 3 rings (SSSR count). The highest BCUT2D eigenvalue weighted by Crippen LogP contribution is 2.26. The summed E-state index contributed by atoms with van der Waals surface area (Å²) in [7, 11) is 3.51. The normalized spacial score (nSPS) is 16.4. The van der Waals surface area contributed by atoms with Crippen LogP contribution in [0, 0.1) is 0 Å². The second-order valence-electron chi connectivity index (χ2n) is 8.88. The van der Waals surface area contributed by atoms with Crippen LogP contribution in [0.5, 0.6) is 5.75 Å². The van der Waals surface area contributed by atoms with E-state index in [9.17, 15) is 4.79 Å². The molecule has 1 amide bonds. The maximum atomic E-state index is 12.9. The third-order valence-corrected chi connectivity index (χ3v) is 5.67. The highest BCUT2D eigenvalue weighted by Gasteiger charge is 2.25. The minimum absolute atomic E-state index is 0.0778. The van der Waals surface area contributed by atoms with Gasteiger partial charge in [-0.05, 0) is 49.7 Å². The Hall–Kier alpha value is -2.34.